The SMILES string of the molecule is C=CCNC(=O)NC(=O)COC(=O)c1ccccc1Sc1ncnc2sc3c(c12)CCC3. The lowest BCUT2D eigenvalue weighted by atomic mass is 10.2. The number of nitrogens with zero attached hydrogens (tertiary/aromatic N) is 2. The van der Waals surface area contributed by atoms with E-state index in [-0.39, 0.29) is 6.54 Å². The van der Waals surface area contributed by atoms with Gasteiger partial charge in [0, 0.05) is 21.7 Å². The molecule has 2 N–H and O–H groups in total. The molecule has 0 fully saturated rings. The molecule has 0 saturated carbocycles. The van der Waals surface area contributed by atoms with Crippen molar-refractivity contribution in [1.29, 1.82) is 0 Å². The van der Waals surface area contributed by atoms with Crippen LogP contribution in [0.4, 0.5) is 4.79 Å². The lowest BCUT2D eigenvalue weighted by Gasteiger charge is -2.10. The molecule has 3 amide bonds. The van der Waals surface area contributed by atoms with Crippen LogP contribution in [0.3, 0.4) is 0 Å². The predicted molar refractivity (Wildman–Crippen MR) is 122 cm³/mol. The van der Waals surface area contributed by atoms with E-state index in [1.165, 1.54) is 28.3 Å². The standard InChI is InChI=1S/C22H20N4O4S2/c1-2-10-23-22(29)26-17(27)11-30-21(28)14-6-3-4-8-16(14)32-20-18-13-7-5-9-15(13)31-19(18)24-12-25-20/h2-4,6,8,12H,1,5,7,9-11H2,(H2,23,26,27,29). The first-order valence-electron chi connectivity index (χ1n) is 9.94. The number of esters is 1. The number of fused-ring (bicyclic) bond motifs is 3. The molecule has 8 nitrogen and oxygen atoms in total. The van der Waals surface area contributed by atoms with E-state index in [0.717, 1.165) is 34.5 Å². The van der Waals surface area contributed by atoms with E-state index in [0.29, 0.717) is 10.5 Å². The Bertz CT molecular complexity index is 1210. The number of carbonyl (C=O) groups is 3. The highest BCUT2D eigenvalue weighted by atomic mass is 32.2. The fourth-order valence-electron chi connectivity index (χ4n) is 3.39. The van der Waals surface area contributed by atoms with Gasteiger partial charge in [0.15, 0.2) is 6.61 Å². The number of benzene rings is 1. The van der Waals surface area contributed by atoms with Crippen molar-refractivity contribution in [2.45, 2.75) is 29.2 Å². The van der Waals surface area contributed by atoms with Crippen LogP contribution in [0.5, 0.6) is 0 Å². The summed E-state index contributed by atoms with van der Waals surface area (Å²) in [6.45, 7) is 3.11. The van der Waals surface area contributed by atoms with Gasteiger partial charge in [0.2, 0.25) is 0 Å². The Morgan fingerprint density at radius 1 is 1.22 bits per heavy atom. The average molecular weight is 469 g/mol. The number of carbonyl (C=O) groups excluding carboxylic acids is 3. The average Bonchev–Trinajstić information content (AvgIpc) is 3.38. The number of thiophene rings is 1. The van der Waals surface area contributed by atoms with Gasteiger partial charge in [-0.2, -0.15) is 0 Å². The van der Waals surface area contributed by atoms with Gasteiger partial charge in [-0.05, 0) is 37.0 Å². The Kier molecular flexibility index (Phi) is 6.81. The molecule has 0 atom stereocenters. The number of aryl methyl sites for hydroxylation is 2. The van der Waals surface area contributed by atoms with Gasteiger partial charge in [0.1, 0.15) is 16.2 Å². The minimum atomic E-state index is -0.726. The maximum Gasteiger partial charge on any atom is 0.339 e. The van der Waals surface area contributed by atoms with Gasteiger partial charge in [-0.15, -0.1) is 17.9 Å². The largest absolute Gasteiger partial charge is 0.452 e. The van der Waals surface area contributed by atoms with Crippen molar-refractivity contribution in [1.82, 2.24) is 20.6 Å². The minimum Gasteiger partial charge on any atom is -0.452 e. The van der Waals surface area contributed by atoms with Gasteiger partial charge in [0.25, 0.3) is 5.91 Å². The fraction of sp³-hybridized carbons (Fsp3) is 0.227. The maximum atomic E-state index is 12.7. The van der Waals surface area contributed by atoms with E-state index < -0.39 is 24.5 Å². The molecule has 1 aliphatic rings. The Morgan fingerprint density at radius 3 is 2.91 bits per heavy atom. The van der Waals surface area contributed by atoms with Crippen LogP contribution >= 0.6 is 23.1 Å². The third kappa shape index (κ3) is 4.81. The second kappa shape index (κ2) is 9.92. The summed E-state index contributed by atoms with van der Waals surface area (Å²) in [7, 11) is 0. The molecule has 0 saturated heterocycles. The molecule has 2 aromatic heterocycles. The van der Waals surface area contributed by atoms with Crippen LogP contribution in [-0.4, -0.2) is 41.0 Å². The predicted octanol–water partition coefficient (Wildman–Crippen LogP) is 3.50. The molecule has 0 radical (unpaired) electrons. The maximum absolute atomic E-state index is 12.7. The van der Waals surface area contributed by atoms with E-state index in [2.05, 4.69) is 27.2 Å². The topological polar surface area (TPSA) is 110 Å². The zero-order valence-electron chi connectivity index (χ0n) is 17.1. The van der Waals surface area contributed by atoms with Crippen LogP contribution in [-0.2, 0) is 22.4 Å². The van der Waals surface area contributed by atoms with Crippen LogP contribution in [0, 0.1) is 0 Å². The van der Waals surface area contributed by atoms with Gasteiger partial charge in [-0.25, -0.2) is 19.6 Å². The molecule has 3 aromatic rings. The first kappa shape index (κ1) is 22.0. The molecule has 1 aliphatic carbocycles. The third-order valence-corrected chi connectivity index (χ3v) is 7.05. The summed E-state index contributed by atoms with van der Waals surface area (Å²) in [6, 6.07) is 6.31. The van der Waals surface area contributed by atoms with E-state index in [4.69, 9.17) is 4.74 Å². The minimum absolute atomic E-state index is 0.215. The summed E-state index contributed by atoms with van der Waals surface area (Å²) in [4.78, 5) is 47.9. The van der Waals surface area contributed by atoms with Crippen molar-refractivity contribution in [3.63, 3.8) is 0 Å². The molecule has 4 rings (SSSR count). The molecule has 10 heteroatoms. The first-order valence-corrected chi connectivity index (χ1v) is 11.6. The van der Waals surface area contributed by atoms with Crippen molar-refractivity contribution < 1.29 is 19.1 Å². The lowest BCUT2D eigenvalue weighted by Crippen LogP contribution is -2.41. The summed E-state index contributed by atoms with van der Waals surface area (Å²) in [5, 5.41) is 6.34. The van der Waals surface area contributed by atoms with Crippen LogP contribution < -0.4 is 10.6 Å². The van der Waals surface area contributed by atoms with Gasteiger partial charge in [-0.3, -0.25) is 10.1 Å². The van der Waals surface area contributed by atoms with E-state index in [9.17, 15) is 14.4 Å². The number of nitrogens with one attached hydrogen (secondary N) is 2. The highest BCUT2D eigenvalue weighted by Gasteiger charge is 2.23. The number of urea groups is 1. The molecule has 0 bridgehead atoms. The number of hydrogen-bond donors (Lipinski definition) is 2. The van der Waals surface area contributed by atoms with Crippen LogP contribution in [0.15, 0.2) is 53.2 Å². The Hall–Kier alpha value is -3.24. The lowest BCUT2D eigenvalue weighted by molar-refractivity contribution is -0.123. The second-order valence-corrected chi connectivity index (χ2v) is 9.05. The molecule has 1 aromatic carbocycles. The van der Waals surface area contributed by atoms with Gasteiger partial charge in [0.05, 0.1) is 5.56 Å². The summed E-state index contributed by atoms with van der Waals surface area (Å²) in [5.41, 5.74) is 1.62. The zero-order chi connectivity index (χ0) is 22.5. The van der Waals surface area contributed by atoms with Gasteiger partial charge < -0.3 is 10.1 Å². The summed E-state index contributed by atoms with van der Waals surface area (Å²) in [5.74, 6) is -1.38. The van der Waals surface area contributed by atoms with Gasteiger partial charge in [-0.1, -0.05) is 30.0 Å². The summed E-state index contributed by atoms with van der Waals surface area (Å²) < 4.78 is 5.12. The third-order valence-electron chi connectivity index (χ3n) is 4.77. The summed E-state index contributed by atoms with van der Waals surface area (Å²) >= 11 is 3.08. The fourth-order valence-corrected chi connectivity index (χ4v) is 5.72. The highest BCUT2D eigenvalue weighted by molar-refractivity contribution is 7.99. The highest BCUT2D eigenvalue weighted by Crippen LogP contribution is 2.42. The number of amides is 3. The van der Waals surface area contributed by atoms with Crippen molar-refractivity contribution in [2.75, 3.05) is 13.2 Å². The Morgan fingerprint density at radius 2 is 2.06 bits per heavy atom. The van der Waals surface area contributed by atoms with Crippen molar-refractivity contribution in [2.24, 2.45) is 0 Å². The smallest absolute Gasteiger partial charge is 0.339 e. The van der Waals surface area contributed by atoms with E-state index in [1.807, 2.05) is 12.1 Å². The number of hydrogen-bond acceptors (Lipinski definition) is 8. The second-order valence-electron chi connectivity index (χ2n) is 6.94. The van der Waals surface area contributed by atoms with Crippen LogP contribution in [0.25, 0.3) is 10.2 Å². The molecular weight excluding hydrogens is 448 g/mol. The quantitative estimate of drug-likeness (QED) is 0.310. The molecule has 0 aliphatic heterocycles. The Labute approximate surface area is 192 Å². The molecule has 0 spiro atoms. The zero-order valence-corrected chi connectivity index (χ0v) is 18.7. The van der Waals surface area contributed by atoms with Crippen molar-refractivity contribution in [3.8, 4) is 0 Å². The summed E-state index contributed by atoms with van der Waals surface area (Å²) in [6.07, 6.45) is 6.23. The van der Waals surface area contributed by atoms with Crippen molar-refractivity contribution >= 4 is 51.2 Å². The molecule has 2 heterocycles. The Balaban J connectivity index is 1.47. The first-order chi connectivity index (χ1) is 15.6. The number of rotatable bonds is 7. The normalized spacial score (nSPS) is 12.2. The molecule has 32 heavy (non-hydrogen) atoms. The van der Waals surface area contributed by atoms with Crippen molar-refractivity contribution in [3.05, 3.63) is 59.3 Å². The number of ether oxygens (including phenoxy) is 1. The molecule has 0 unspecified atom stereocenters. The number of aromatic nitrogens is 2. The van der Waals surface area contributed by atoms with E-state index >= 15 is 0 Å². The van der Waals surface area contributed by atoms with E-state index in [1.54, 1.807) is 29.8 Å². The van der Waals surface area contributed by atoms with Crippen LogP contribution in [0.2, 0.25) is 0 Å². The molecule has 164 valence electrons. The van der Waals surface area contributed by atoms with Gasteiger partial charge >= 0.3 is 12.0 Å². The van der Waals surface area contributed by atoms with Crippen LogP contribution in [0.1, 0.15) is 27.2 Å². The number of imide groups is 1. The molecular formula is C22H20N4O4S2. The monoisotopic (exact) mass is 468 g/mol.